The second-order valence-corrected chi connectivity index (χ2v) is 7.76. The summed E-state index contributed by atoms with van der Waals surface area (Å²) in [7, 11) is 0. The van der Waals surface area contributed by atoms with Gasteiger partial charge in [0.1, 0.15) is 0 Å². The quantitative estimate of drug-likeness (QED) is 0.387. The summed E-state index contributed by atoms with van der Waals surface area (Å²) in [5, 5.41) is 1.16. The lowest BCUT2D eigenvalue weighted by Crippen LogP contribution is -2.09. The van der Waals surface area contributed by atoms with Gasteiger partial charge < -0.3 is 5.73 Å². The average molecular weight is 371 g/mol. The molecule has 0 spiro atoms. The average Bonchev–Trinajstić information content (AvgIpc) is 3.05. The summed E-state index contributed by atoms with van der Waals surface area (Å²) in [5.74, 6) is 0.213. The Kier molecular flexibility index (Phi) is 10.2. The van der Waals surface area contributed by atoms with Crippen LogP contribution in [0, 0.1) is 0 Å². The fourth-order valence-electron chi connectivity index (χ4n) is 3.87. The minimum atomic E-state index is 0.213. The Labute approximate surface area is 165 Å². The number of carbonyl (C=O) groups is 1. The van der Waals surface area contributed by atoms with Gasteiger partial charge in [-0.2, -0.15) is 0 Å². The van der Waals surface area contributed by atoms with Crippen LogP contribution in [-0.2, 0) is 6.42 Å². The van der Waals surface area contributed by atoms with Crippen LogP contribution in [0.4, 0.5) is 0 Å². The van der Waals surface area contributed by atoms with E-state index in [1.807, 2.05) is 29.0 Å². The molecule has 1 aromatic heterocycles. The molecule has 3 nitrogen and oxygen atoms in total. The first-order valence-corrected chi connectivity index (χ1v) is 11.1. The van der Waals surface area contributed by atoms with Crippen molar-refractivity contribution in [3.63, 3.8) is 0 Å². The highest BCUT2D eigenvalue weighted by Crippen LogP contribution is 2.22. The molecule has 0 saturated heterocycles. The Morgan fingerprint density at radius 3 is 2.11 bits per heavy atom. The van der Waals surface area contributed by atoms with E-state index in [4.69, 9.17) is 5.73 Å². The predicted molar refractivity (Wildman–Crippen MR) is 116 cm³/mol. The van der Waals surface area contributed by atoms with Crippen LogP contribution in [0.25, 0.3) is 10.9 Å². The van der Waals surface area contributed by atoms with Gasteiger partial charge in [-0.05, 0) is 31.0 Å². The third-order valence-electron chi connectivity index (χ3n) is 5.47. The fourth-order valence-corrected chi connectivity index (χ4v) is 3.87. The number of fused-ring (bicyclic) bond motifs is 1. The van der Waals surface area contributed by atoms with E-state index >= 15 is 0 Å². The zero-order valence-corrected chi connectivity index (χ0v) is 17.2. The fraction of sp³-hybridized carbons (Fsp3) is 0.625. The molecule has 2 aromatic rings. The molecule has 0 radical (unpaired) electrons. The van der Waals surface area contributed by atoms with Gasteiger partial charge >= 0.3 is 0 Å². The minimum absolute atomic E-state index is 0.213. The van der Waals surface area contributed by atoms with Gasteiger partial charge in [-0.1, -0.05) is 89.3 Å². The van der Waals surface area contributed by atoms with Gasteiger partial charge in [-0.3, -0.25) is 9.36 Å². The smallest absolute Gasteiger partial charge is 0.231 e. The third kappa shape index (κ3) is 7.14. The lowest BCUT2D eigenvalue weighted by atomic mass is 10.1. The number of nitrogens with two attached hydrogens (primary N) is 1. The van der Waals surface area contributed by atoms with Gasteiger partial charge in [-0.25, -0.2) is 0 Å². The number of hydrogen-bond donors (Lipinski definition) is 1. The Morgan fingerprint density at radius 2 is 1.48 bits per heavy atom. The highest BCUT2D eigenvalue weighted by atomic mass is 16.2. The summed E-state index contributed by atoms with van der Waals surface area (Å²) in [6.45, 7) is 2.88. The van der Waals surface area contributed by atoms with Crippen molar-refractivity contribution in [1.29, 1.82) is 0 Å². The number of benzene rings is 1. The summed E-state index contributed by atoms with van der Waals surface area (Å²) in [6.07, 6.45) is 17.8. The van der Waals surface area contributed by atoms with Crippen LogP contribution >= 0.6 is 0 Å². The van der Waals surface area contributed by atoms with E-state index in [1.54, 1.807) is 0 Å². The molecule has 1 heterocycles. The number of nitrogens with zero attached hydrogens (tertiary/aromatic N) is 1. The van der Waals surface area contributed by atoms with E-state index in [2.05, 4.69) is 13.0 Å². The molecule has 0 aliphatic rings. The van der Waals surface area contributed by atoms with Crippen molar-refractivity contribution >= 4 is 16.8 Å². The van der Waals surface area contributed by atoms with E-state index in [9.17, 15) is 4.79 Å². The van der Waals surface area contributed by atoms with Crippen molar-refractivity contribution in [3.8, 4) is 0 Å². The molecule has 0 fully saturated rings. The van der Waals surface area contributed by atoms with E-state index < -0.39 is 0 Å². The van der Waals surface area contributed by atoms with E-state index in [0.29, 0.717) is 13.0 Å². The summed E-state index contributed by atoms with van der Waals surface area (Å²) in [6, 6.07) is 8.15. The largest absolute Gasteiger partial charge is 0.330 e. The normalized spacial score (nSPS) is 11.3. The van der Waals surface area contributed by atoms with Crippen LogP contribution in [0.15, 0.2) is 30.5 Å². The molecule has 2 rings (SSSR count). The van der Waals surface area contributed by atoms with Crippen LogP contribution in [0.2, 0.25) is 0 Å². The maximum absolute atomic E-state index is 12.7. The number of carbonyl (C=O) groups excluding carboxylic acids is 1. The van der Waals surface area contributed by atoms with Gasteiger partial charge in [0.05, 0.1) is 5.52 Å². The molecule has 0 unspecified atom stereocenters. The second kappa shape index (κ2) is 12.7. The number of rotatable bonds is 14. The molecule has 2 N–H and O–H groups in total. The molecule has 0 aliphatic carbocycles. The Morgan fingerprint density at radius 1 is 0.889 bits per heavy atom. The first-order valence-electron chi connectivity index (χ1n) is 11.1. The monoisotopic (exact) mass is 370 g/mol. The number of unbranched alkanes of at least 4 members (excludes halogenated alkanes) is 10. The van der Waals surface area contributed by atoms with Crippen LogP contribution in [0.5, 0.6) is 0 Å². The molecule has 0 saturated carbocycles. The van der Waals surface area contributed by atoms with E-state index in [-0.39, 0.29) is 5.91 Å². The molecule has 0 atom stereocenters. The molecular weight excluding hydrogens is 332 g/mol. The van der Waals surface area contributed by atoms with Crippen LogP contribution in [0.3, 0.4) is 0 Å². The topological polar surface area (TPSA) is 48.0 Å². The van der Waals surface area contributed by atoms with Crippen molar-refractivity contribution in [2.75, 3.05) is 6.54 Å². The molecule has 3 heteroatoms. The molecular formula is C24H38N2O. The van der Waals surface area contributed by atoms with Crippen molar-refractivity contribution in [2.24, 2.45) is 5.73 Å². The number of aromatic nitrogens is 1. The van der Waals surface area contributed by atoms with E-state index in [1.165, 1.54) is 63.4 Å². The zero-order chi connectivity index (χ0) is 19.3. The van der Waals surface area contributed by atoms with Gasteiger partial charge in [0.15, 0.2) is 0 Å². The summed E-state index contributed by atoms with van der Waals surface area (Å²) >= 11 is 0. The molecule has 150 valence electrons. The van der Waals surface area contributed by atoms with Crippen LogP contribution < -0.4 is 5.73 Å². The third-order valence-corrected chi connectivity index (χ3v) is 5.47. The molecule has 1 aromatic carbocycles. The van der Waals surface area contributed by atoms with Crippen molar-refractivity contribution < 1.29 is 4.79 Å². The Bertz CT molecular complexity index is 674. The standard InChI is InChI=1S/C24H38N2O/c1-2-3-4-5-6-7-8-9-10-11-12-17-24(27)26-20-21(18-19-25)22-15-13-14-16-23(22)26/h13-16,20H,2-12,17-19,25H2,1H3. The zero-order valence-electron chi connectivity index (χ0n) is 17.2. The lowest BCUT2D eigenvalue weighted by molar-refractivity contribution is 0.0904. The van der Waals surface area contributed by atoms with Gasteiger partial charge in [0.2, 0.25) is 5.91 Å². The van der Waals surface area contributed by atoms with Crippen LogP contribution in [-0.4, -0.2) is 17.0 Å². The summed E-state index contributed by atoms with van der Waals surface area (Å²) < 4.78 is 1.84. The Hall–Kier alpha value is -1.61. The van der Waals surface area contributed by atoms with Crippen molar-refractivity contribution in [2.45, 2.75) is 90.4 Å². The SMILES string of the molecule is CCCCCCCCCCCCCC(=O)n1cc(CCN)c2ccccc21. The van der Waals surface area contributed by atoms with Crippen molar-refractivity contribution in [1.82, 2.24) is 4.57 Å². The number of para-hydroxylation sites is 1. The highest BCUT2D eigenvalue weighted by molar-refractivity contribution is 5.94. The minimum Gasteiger partial charge on any atom is -0.330 e. The van der Waals surface area contributed by atoms with Crippen molar-refractivity contribution in [3.05, 3.63) is 36.0 Å². The second-order valence-electron chi connectivity index (χ2n) is 7.76. The van der Waals surface area contributed by atoms with Gasteiger partial charge in [-0.15, -0.1) is 0 Å². The maximum Gasteiger partial charge on any atom is 0.231 e. The summed E-state index contributed by atoms with van der Waals surface area (Å²) in [4.78, 5) is 12.7. The molecule has 0 amide bonds. The molecule has 27 heavy (non-hydrogen) atoms. The highest BCUT2D eigenvalue weighted by Gasteiger charge is 2.12. The maximum atomic E-state index is 12.7. The van der Waals surface area contributed by atoms with E-state index in [0.717, 1.165) is 30.2 Å². The molecule has 0 aliphatic heterocycles. The van der Waals surface area contributed by atoms with Crippen LogP contribution in [0.1, 0.15) is 94.3 Å². The summed E-state index contributed by atoms with van der Waals surface area (Å²) in [5.41, 5.74) is 7.92. The Balaban J connectivity index is 1.66. The number of hydrogen-bond acceptors (Lipinski definition) is 2. The predicted octanol–water partition coefficient (Wildman–Crippen LogP) is 6.48. The van der Waals surface area contributed by atoms with Gasteiger partial charge in [0, 0.05) is 18.0 Å². The van der Waals surface area contributed by atoms with Gasteiger partial charge in [0.25, 0.3) is 0 Å². The first kappa shape index (κ1) is 21.7. The first-order chi connectivity index (χ1) is 13.3. The molecule has 0 bridgehead atoms. The lowest BCUT2D eigenvalue weighted by Gasteiger charge is -2.05.